The van der Waals surface area contributed by atoms with Crippen molar-refractivity contribution in [2.45, 2.75) is 12.1 Å². The first-order valence-corrected chi connectivity index (χ1v) is 7.00. The molecular weight excluding hydrogens is 292 g/mol. The lowest BCUT2D eigenvalue weighted by molar-refractivity contribution is -0.384. The molecule has 0 spiro atoms. The summed E-state index contributed by atoms with van der Waals surface area (Å²) in [5.41, 5.74) is 1.33. The third-order valence-electron chi connectivity index (χ3n) is 2.47. The molecule has 2 aromatic rings. The molecule has 1 heterocycles. The number of hydrogen-bond donors (Lipinski definition) is 1. The van der Waals surface area contributed by atoms with E-state index in [0.29, 0.717) is 10.8 Å². The molecular formula is C13H12N4O3S. The molecule has 2 rings (SSSR count). The fourth-order valence-corrected chi connectivity index (χ4v) is 2.17. The Morgan fingerprint density at radius 2 is 2.05 bits per heavy atom. The fourth-order valence-electron chi connectivity index (χ4n) is 1.49. The van der Waals surface area contributed by atoms with Crippen molar-refractivity contribution in [2.24, 2.45) is 0 Å². The van der Waals surface area contributed by atoms with Crippen LogP contribution in [0.1, 0.15) is 5.69 Å². The van der Waals surface area contributed by atoms with Crippen LogP contribution in [0.3, 0.4) is 0 Å². The van der Waals surface area contributed by atoms with Crippen LogP contribution in [0.4, 0.5) is 11.4 Å². The van der Waals surface area contributed by atoms with Crippen LogP contribution in [0.5, 0.6) is 0 Å². The van der Waals surface area contributed by atoms with E-state index in [1.54, 1.807) is 12.3 Å². The number of nitrogens with one attached hydrogen (secondary N) is 1. The van der Waals surface area contributed by atoms with Crippen LogP contribution in [0.15, 0.2) is 41.7 Å². The van der Waals surface area contributed by atoms with Crippen molar-refractivity contribution in [1.29, 1.82) is 0 Å². The number of hydrogen-bond acceptors (Lipinski definition) is 6. The predicted molar refractivity (Wildman–Crippen MR) is 79.2 cm³/mol. The van der Waals surface area contributed by atoms with E-state index in [1.807, 2.05) is 6.92 Å². The predicted octanol–water partition coefficient (Wildman–Crippen LogP) is 2.42. The number of rotatable bonds is 5. The van der Waals surface area contributed by atoms with E-state index in [9.17, 15) is 14.9 Å². The number of aromatic nitrogens is 2. The topological polar surface area (TPSA) is 98.0 Å². The number of nitro groups is 1. The van der Waals surface area contributed by atoms with Crippen LogP contribution in [-0.4, -0.2) is 26.6 Å². The van der Waals surface area contributed by atoms with Gasteiger partial charge in [0, 0.05) is 29.7 Å². The van der Waals surface area contributed by atoms with Crippen LogP contribution >= 0.6 is 11.8 Å². The van der Waals surface area contributed by atoms with Gasteiger partial charge in [0.15, 0.2) is 5.16 Å². The van der Waals surface area contributed by atoms with E-state index in [4.69, 9.17) is 0 Å². The van der Waals surface area contributed by atoms with Crippen LogP contribution in [-0.2, 0) is 4.79 Å². The molecule has 0 radical (unpaired) electrons. The number of benzene rings is 1. The number of carbonyl (C=O) groups is 1. The number of amides is 1. The molecule has 0 aliphatic carbocycles. The van der Waals surface area contributed by atoms with Crippen molar-refractivity contribution in [3.05, 3.63) is 52.3 Å². The summed E-state index contributed by atoms with van der Waals surface area (Å²) in [7, 11) is 0. The smallest absolute Gasteiger partial charge is 0.269 e. The molecule has 0 saturated heterocycles. The Morgan fingerprint density at radius 3 is 2.67 bits per heavy atom. The molecule has 7 nitrogen and oxygen atoms in total. The molecule has 0 aliphatic rings. The summed E-state index contributed by atoms with van der Waals surface area (Å²) in [5, 5.41) is 13.7. The van der Waals surface area contributed by atoms with E-state index in [0.717, 1.165) is 5.69 Å². The van der Waals surface area contributed by atoms with E-state index in [2.05, 4.69) is 15.3 Å². The highest BCUT2D eigenvalue weighted by Gasteiger charge is 2.08. The zero-order valence-electron chi connectivity index (χ0n) is 11.1. The SMILES string of the molecule is Cc1ccnc(SCC(=O)Nc2ccc([N+](=O)[O-])cc2)n1. The molecule has 0 unspecified atom stereocenters. The third-order valence-corrected chi connectivity index (χ3v) is 3.33. The van der Waals surface area contributed by atoms with Gasteiger partial charge in [-0.05, 0) is 25.1 Å². The summed E-state index contributed by atoms with van der Waals surface area (Å²) in [5.74, 6) is -0.0561. The number of nitrogens with zero attached hydrogens (tertiary/aromatic N) is 3. The molecule has 0 saturated carbocycles. The second-order valence-corrected chi connectivity index (χ2v) is 5.06. The van der Waals surface area contributed by atoms with E-state index in [-0.39, 0.29) is 17.3 Å². The summed E-state index contributed by atoms with van der Waals surface area (Å²) in [6.45, 7) is 1.85. The molecule has 108 valence electrons. The number of thioether (sulfide) groups is 1. The average Bonchev–Trinajstić information content (AvgIpc) is 2.46. The van der Waals surface area contributed by atoms with Crippen LogP contribution in [0.25, 0.3) is 0 Å². The zero-order valence-corrected chi connectivity index (χ0v) is 12.0. The molecule has 1 aromatic carbocycles. The monoisotopic (exact) mass is 304 g/mol. The number of anilines is 1. The lowest BCUT2D eigenvalue weighted by Gasteiger charge is -2.04. The Hall–Kier alpha value is -2.48. The van der Waals surface area contributed by atoms with Gasteiger partial charge in [-0.2, -0.15) is 0 Å². The van der Waals surface area contributed by atoms with E-state index in [1.165, 1.54) is 36.0 Å². The summed E-state index contributed by atoms with van der Waals surface area (Å²) in [6.07, 6.45) is 1.64. The molecule has 0 fully saturated rings. The standard InChI is InChI=1S/C13H12N4O3S/c1-9-6-7-14-13(15-9)21-8-12(18)16-10-2-4-11(5-3-10)17(19)20/h2-7H,8H2,1H3,(H,16,18). The third kappa shape index (κ3) is 4.53. The largest absolute Gasteiger partial charge is 0.325 e. The minimum absolute atomic E-state index is 0.0180. The van der Waals surface area contributed by atoms with Gasteiger partial charge in [0.25, 0.3) is 5.69 Å². The first-order chi connectivity index (χ1) is 10.0. The van der Waals surface area contributed by atoms with Crippen LogP contribution < -0.4 is 5.32 Å². The highest BCUT2D eigenvalue weighted by molar-refractivity contribution is 7.99. The maximum atomic E-state index is 11.8. The van der Waals surface area contributed by atoms with Gasteiger partial charge < -0.3 is 5.32 Å². The summed E-state index contributed by atoms with van der Waals surface area (Å²) in [4.78, 5) is 30.0. The van der Waals surface area contributed by atoms with Crippen molar-refractivity contribution in [1.82, 2.24) is 9.97 Å². The first-order valence-electron chi connectivity index (χ1n) is 6.01. The van der Waals surface area contributed by atoms with Gasteiger partial charge in [0.1, 0.15) is 0 Å². The lowest BCUT2D eigenvalue weighted by Crippen LogP contribution is -2.14. The van der Waals surface area contributed by atoms with Gasteiger partial charge in [-0.15, -0.1) is 0 Å². The first kappa shape index (κ1) is 14.9. The molecule has 1 amide bonds. The second-order valence-electron chi connectivity index (χ2n) is 4.12. The molecule has 0 aliphatic heterocycles. The maximum absolute atomic E-state index is 11.8. The van der Waals surface area contributed by atoms with Gasteiger partial charge in [0.2, 0.25) is 5.91 Å². The summed E-state index contributed by atoms with van der Waals surface area (Å²) >= 11 is 1.23. The maximum Gasteiger partial charge on any atom is 0.269 e. The van der Waals surface area contributed by atoms with Gasteiger partial charge in [0.05, 0.1) is 10.7 Å². The summed E-state index contributed by atoms with van der Waals surface area (Å²) < 4.78 is 0. The molecule has 21 heavy (non-hydrogen) atoms. The number of aryl methyl sites for hydroxylation is 1. The number of nitro benzene ring substituents is 1. The number of carbonyl (C=O) groups excluding carboxylic acids is 1. The lowest BCUT2D eigenvalue weighted by atomic mass is 10.3. The van der Waals surface area contributed by atoms with E-state index >= 15 is 0 Å². The van der Waals surface area contributed by atoms with Crippen molar-refractivity contribution in [3.63, 3.8) is 0 Å². The van der Waals surface area contributed by atoms with Crippen LogP contribution in [0.2, 0.25) is 0 Å². The fraction of sp³-hybridized carbons (Fsp3) is 0.154. The zero-order chi connectivity index (χ0) is 15.2. The quantitative estimate of drug-likeness (QED) is 0.394. The Balaban J connectivity index is 1.88. The van der Waals surface area contributed by atoms with Gasteiger partial charge in [-0.3, -0.25) is 14.9 Å². The van der Waals surface area contributed by atoms with Gasteiger partial charge in [-0.25, -0.2) is 9.97 Å². The van der Waals surface area contributed by atoms with Crippen molar-refractivity contribution < 1.29 is 9.72 Å². The normalized spacial score (nSPS) is 10.1. The molecule has 8 heteroatoms. The van der Waals surface area contributed by atoms with Gasteiger partial charge >= 0.3 is 0 Å². The minimum atomic E-state index is -0.490. The molecule has 1 aromatic heterocycles. The van der Waals surface area contributed by atoms with Crippen molar-refractivity contribution in [3.8, 4) is 0 Å². The number of non-ortho nitro benzene ring substituents is 1. The Bertz CT molecular complexity index is 661. The van der Waals surface area contributed by atoms with Crippen molar-refractivity contribution >= 4 is 29.0 Å². The van der Waals surface area contributed by atoms with Crippen molar-refractivity contribution in [2.75, 3.05) is 11.1 Å². The second kappa shape index (κ2) is 6.80. The molecule has 0 atom stereocenters. The van der Waals surface area contributed by atoms with Gasteiger partial charge in [-0.1, -0.05) is 11.8 Å². The average molecular weight is 304 g/mol. The van der Waals surface area contributed by atoms with E-state index < -0.39 is 4.92 Å². The minimum Gasteiger partial charge on any atom is -0.325 e. The molecule has 0 bridgehead atoms. The highest BCUT2D eigenvalue weighted by Crippen LogP contribution is 2.17. The Labute approximate surface area is 125 Å². The molecule has 1 N–H and O–H groups in total. The summed E-state index contributed by atoms with van der Waals surface area (Å²) in [6, 6.07) is 7.44. The van der Waals surface area contributed by atoms with Crippen LogP contribution in [0, 0.1) is 17.0 Å². The Morgan fingerprint density at radius 1 is 1.33 bits per heavy atom. The Kier molecular flexibility index (Phi) is 4.83. The highest BCUT2D eigenvalue weighted by atomic mass is 32.2.